The van der Waals surface area contributed by atoms with Crippen molar-refractivity contribution in [2.45, 2.75) is 29.9 Å². The molecule has 1 aromatic heterocycles. The maximum absolute atomic E-state index is 12.8. The number of sulfonamides is 1. The van der Waals surface area contributed by atoms with Crippen molar-refractivity contribution in [3.8, 4) is 0 Å². The molecule has 1 saturated heterocycles. The summed E-state index contributed by atoms with van der Waals surface area (Å²) in [5.41, 5.74) is 0.497. The molecule has 2 aromatic rings. The van der Waals surface area contributed by atoms with E-state index in [1.807, 2.05) is 0 Å². The quantitative estimate of drug-likeness (QED) is 0.745. The van der Waals surface area contributed by atoms with Gasteiger partial charge in [-0.05, 0) is 24.5 Å². The molecule has 8 nitrogen and oxygen atoms in total. The topological polar surface area (TPSA) is 110 Å². The lowest BCUT2D eigenvalue weighted by molar-refractivity contribution is 0.303. The second kappa shape index (κ2) is 6.67. The Hall–Kier alpha value is -1.49. The highest BCUT2D eigenvalue weighted by atomic mass is 35.5. The van der Waals surface area contributed by atoms with Crippen LogP contribution >= 0.6 is 11.6 Å². The molecule has 0 N–H and O–H groups in total. The fourth-order valence-corrected chi connectivity index (χ4v) is 5.23. The summed E-state index contributed by atoms with van der Waals surface area (Å²) in [5.74, 6) is -0.267. The van der Waals surface area contributed by atoms with Gasteiger partial charge in [0.05, 0.1) is 5.75 Å². The van der Waals surface area contributed by atoms with Gasteiger partial charge in [0, 0.05) is 17.8 Å². The minimum Gasteiger partial charge on any atom is -0.411 e. The first kappa shape index (κ1) is 18.3. The Bertz CT molecular complexity index is 987. The number of hydrogen-bond acceptors (Lipinski definition) is 7. The summed E-state index contributed by atoms with van der Waals surface area (Å²) in [6, 6.07) is 6.05. The summed E-state index contributed by atoms with van der Waals surface area (Å²) in [7, 11) is -7.33. The molecule has 11 heteroatoms. The van der Waals surface area contributed by atoms with Gasteiger partial charge in [0.15, 0.2) is 0 Å². The van der Waals surface area contributed by atoms with Gasteiger partial charge in [0.2, 0.25) is 25.8 Å². The number of nitrogens with zero attached hydrogens (tertiary/aromatic N) is 3. The van der Waals surface area contributed by atoms with E-state index in [2.05, 4.69) is 10.2 Å². The zero-order valence-corrected chi connectivity index (χ0v) is 15.7. The van der Waals surface area contributed by atoms with Gasteiger partial charge < -0.3 is 4.42 Å². The van der Waals surface area contributed by atoms with Crippen LogP contribution in [-0.4, -0.2) is 44.1 Å². The van der Waals surface area contributed by atoms with E-state index < -0.39 is 31.1 Å². The van der Waals surface area contributed by atoms with E-state index in [1.54, 1.807) is 24.3 Å². The molecule has 0 aliphatic carbocycles. The van der Waals surface area contributed by atoms with Crippen LogP contribution in [0.1, 0.15) is 30.3 Å². The van der Waals surface area contributed by atoms with Gasteiger partial charge in [0.25, 0.3) is 0 Å². The summed E-state index contributed by atoms with van der Waals surface area (Å²) < 4.78 is 55.0. The van der Waals surface area contributed by atoms with E-state index in [4.69, 9.17) is 16.0 Å². The number of rotatable bonds is 5. The predicted molar refractivity (Wildman–Crippen MR) is 90.2 cm³/mol. The fourth-order valence-electron chi connectivity index (χ4n) is 2.72. The fraction of sp³-hybridized carbons (Fsp3) is 0.429. The monoisotopic (exact) mass is 405 g/mol. The van der Waals surface area contributed by atoms with Crippen LogP contribution < -0.4 is 0 Å². The molecule has 3 rings (SSSR count). The summed E-state index contributed by atoms with van der Waals surface area (Å²) in [5, 5.41) is 7.08. The van der Waals surface area contributed by atoms with Gasteiger partial charge in [0.1, 0.15) is 6.04 Å². The van der Waals surface area contributed by atoms with E-state index in [0.717, 1.165) is 6.26 Å². The Morgan fingerprint density at radius 2 is 1.96 bits per heavy atom. The second-order valence-corrected chi connectivity index (χ2v) is 10.0. The van der Waals surface area contributed by atoms with Gasteiger partial charge in [-0.2, -0.15) is 4.31 Å². The van der Waals surface area contributed by atoms with E-state index >= 15 is 0 Å². The Labute approximate surface area is 150 Å². The van der Waals surface area contributed by atoms with E-state index in [1.165, 1.54) is 4.31 Å². The van der Waals surface area contributed by atoms with Crippen LogP contribution in [0.25, 0.3) is 0 Å². The Morgan fingerprint density at radius 1 is 1.24 bits per heavy atom. The molecule has 136 valence electrons. The van der Waals surface area contributed by atoms with E-state index in [-0.39, 0.29) is 11.6 Å². The number of benzene rings is 1. The number of halogens is 1. The van der Waals surface area contributed by atoms with Crippen LogP contribution in [0, 0.1) is 0 Å². The lowest BCUT2D eigenvalue weighted by atomic mass is 10.2. The summed E-state index contributed by atoms with van der Waals surface area (Å²) in [6.45, 7) is 0.300. The van der Waals surface area contributed by atoms with Crippen molar-refractivity contribution in [3.63, 3.8) is 0 Å². The summed E-state index contributed by atoms with van der Waals surface area (Å²) >= 11 is 6.05. The van der Waals surface area contributed by atoms with Gasteiger partial charge in [-0.15, -0.1) is 5.10 Å². The molecule has 1 fully saturated rings. The maximum Gasteiger partial charge on any atom is 0.335 e. The molecule has 1 aliphatic rings. The third kappa shape index (κ3) is 3.86. The molecule has 0 radical (unpaired) electrons. The molecule has 0 unspecified atom stereocenters. The van der Waals surface area contributed by atoms with Gasteiger partial charge in [-0.3, -0.25) is 0 Å². The smallest absolute Gasteiger partial charge is 0.335 e. The van der Waals surface area contributed by atoms with Crippen molar-refractivity contribution in [1.82, 2.24) is 14.5 Å². The van der Waals surface area contributed by atoms with Crippen molar-refractivity contribution >= 4 is 31.5 Å². The molecule has 0 bridgehead atoms. The van der Waals surface area contributed by atoms with Crippen LogP contribution in [0.3, 0.4) is 0 Å². The maximum atomic E-state index is 12.8. The Morgan fingerprint density at radius 3 is 2.60 bits per heavy atom. The van der Waals surface area contributed by atoms with E-state index in [9.17, 15) is 16.8 Å². The number of aromatic nitrogens is 2. The molecule has 1 aromatic carbocycles. The van der Waals surface area contributed by atoms with E-state index in [0.29, 0.717) is 30.0 Å². The zero-order valence-electron chi connectivity index (χ0n) is 13.3. The van der Waals surface area contributed by atoms with Crippen LogP contribution in [-0.2, 0) is 25.6 Å². The van der Waals surface area contributed by atoms with Crippen LogP contribution in [0.4, 0.5) is 0 Å². The highest BCUT2D eigenvalue weighted by Gasteiger charge is 2.39. The first-order valence-corrected chi connectivity index (χ1v) is 11.3. The third-order valence-electron chi connectivity index (χ3n) is 3.88. The average Bonchev–Trinajstić information content (AvgIpc) is 3.17. The molecule has 25 heavy (non-hydrogen) atoms. The first-order chi connectivity index (χ1) is 11.7. The second-order valence-electron chi connectivity index (χ2n) is 5.79. The lowest BCUT2D eigenvalue weighted by Crippen LogP contribution is -2.32. The van der Waals surface area contributed by atoms with Crippen LogP contribution in [0.2, 0.25) is 5.02 Å². The lowest BCUT2D eigenvalue weighted by Gasteiger charge is -2.21. The summed E-state index contributed by atoms with van der Waals surface area (Å²) in [6.07, 6.45) is 2.04. The standard InChI is InChI=1S/C14H16ClN3O5S2/c1-24(19,20)14-17-16-13(23-14)12-7-4-8-18(12)25(21,22)9-10-5-2-3-6-11(10)15/h2-3,5-6,12H,4,7-9H2,1H3/t12-/m0/s1. The SMILES string of the molecule is CS(=O)(=O)c1nnc([C@@H]2CCCN2S(=O)(=O)Cc2ccccc2Cl)o1. The van der Waals surface area contributed by atoms with Crippen molar-refractivity contribution in [2.24, 2.45) is 0 Å². The minimum atomic E-state index is -3.69. The highest BCUT2D eigenvalue weighted by Crippen LogP contribution is 2.35. The van der Waals surface area contributed by atoms with Crippen LogP contribution in [0.5, 0.6) is 0 Å². The molecular formula is C14H16ClN3O5S2. The minimum absolute atomic E-state index is 0.0133. The van der Waals surface area contributed by atoms with Gasteiger partial charge in [-0.25, -0.2) is 16.8 Å². The van der Waals surface area contributed by atoms with Crippen molar-refractivity contribution in [2.75, 3.05) is 12.8 Å². The molecule has 2 heterocycles. The number of hydrogen-bond donors (Lipinski definition) is 0. The molecule has 1 aliphatic heterocycles. The van der Waals surface area contributed by atoms with Crippen molar-refractivity contribution in [3.05, 3.63) is 40.7 Å². The van der Waals surface area contributed by atoms with Crippen LogP contribution in [0.15, 0.2) is 33.9 Å². The van der Waals surface area contributed by atoms with Gasteiger partial charge >= 0.3 is 5.22 Å². The molecular weight excluding hydrogens is 390 g/mol. The predicted octanol–water partition coefficient (Wildman–Crippen LogP) is 1.79. The molecule has 0 amide bonds. The first-order valence-electron chi connectivity index (χ1n) is 7.45. The highest BCUT2D eigenvalue weighted by molar-refractivity contribution is 7.90. The third-order valence-corrected chi connectivity index (χ3v) is 6.88. The zero-order chi connectivity index (χ0) is 18.2. The molecule has 0 spiro atoms. The summed E-state index contributed by atoms with van der Waals surface area (Å²) in [4.78, 5) is 0. The van der Waals surface area contributed by atoms with Crippen molar-refractivity contribution < 1.29 is 21.3 Å². The Balaban J connectivity index is 1.88. The van der Waals surface area contributed by atoms with Gasteiger partial charge in [-0.1, -0.05) is 34.9 Å². The van der Waals surface area contributed by atoms with Crippen molar-refractivity contribution in [1.29, 1.82) is 0 Å². The largest absolute Gasteiger partial charge is 0.411 e. The molecule has 1 atom stereocenters. The number of sulfone groups is 1. The normalized spacial score (nSPS) is 19.4. The average molecular weight is 406 g/mol. The molecule has 0 saturated carbocycles. The Kier molecular flexibility index (Phi) is 4.89.